The van der Waals surface area contributed by atoms with Gasteiger partial charge in [0.15, 0.2) is 0 Å². The van der Waals surface area contributed by atoms with Gasteiger partial charge in [0.05, 0.1) is 0 Å². The van der Waals surface area contributed by atoms with Gasteiger partial charge in [0.1, 0.15) is 11.3 Å². The molecule has 2 aromatic heterocycles. The molecule has 0 aromatic carbocycles. The second-order valence-corrected chi connectivity index (χ2v) is 7.48. The minimum atomic E-state index is -4.39. The van der Waals surface area contributed by atoms with Crippen molar-refractivity contribution >= 4 is 11.0 Å². The SMILES string of the molecule is FC(F)(F)c1[nH]c2ncccc2c1CN1CCC(N2CCCCC2)CC1. The molecule has 1 N–H and O–H groups in total. The number of halogens is 3. The van der Waals surface area contributed by atoms with Crippen LogP contribution in [0.4, 0.5) is 13.2 Å². The first kappa shape index (κ1) is 17.8. The lowest BCUT2D eigenvalue weighted by Crippen LogP contribution is -2.46. The van der Waals surface area contributed by atoms with Gasteiger partial charge in [-0.25, -0.2) is 4.98 Å². The van der Waals surface area contributed by atoms with Crippen molar-refractivity contribution in [1.82, 2.24) is 19.8 Å². The van der Waals surface area contributed by atoms with E-state index >= 15 is 0 Å². The first-order valence-electron chi connectivity index (χ1n) is 9.51. The van der Waals surface area contributed by atoms with Crippen molar-refractivity contribution in [2.75, 3.05) is 26.2 Å². The average Bonchev–Trinajstić information content (AvgIpc) is 3.02. The molecule has 0 radical (unpaired) electrons. The monoisotopic (exact) mass is 366 g/mol. The molecule has 0 saturated carbocycles. The Hall–Kier alpha value is -1.60. The second-order valence-electron chi connectivity index (χ2n) is 7.48. The standard InChI is InChI=1S/C19H25F3N4/c20-19(21,22)17-16(15-5-4-8-23-18(15)24-17)13-25-11-6-14(7-12-25)26-9-2-1-3-10-26/h4-5,8,14H,1-3,6-7,9-13H2,(H,23,24). The van der Waals surface area contributed by atoms with E-state index in [-0.39, 0.29) is 0 Å². The van der Waals surface area contributed by atoms with Gasteiger partial charge in [0.25, 0.3) is 0 Å². The van der Waals surface area contributed by atoms with Crippen LogP contribution in [0.2, 0.25) is 0 Å². The minimum absolute atomic E-state index is 0.318. The van der Waals surface area contributed by atoms with Crippen LogP contribution in [0.5, 0.6) is 0 Å². The molecular formula is C19H25F3N4. The summed E-state index contributed by atoms with van der Waals surface area (Å²) in [6.45, 7) is 4.39. The Morgan fingerprint density at radius 1 is 1.08 bits per heavy atom. The number of hydrogen-bond donors (Lipinski definition) is 1. The summed E-state index contributed by atoms with van der Waals surface area (Å²) in [7, 11) is 0. The van der Waals surface area contributed by atoms with E-state index in [0.29, 0.717) is 29.2 Å². The first-order valence-corrected chi connectivity index (χ1v) is 9.51. The van der Waals surface area contributed by atoms with E-state index in [2.05, 4.69) is 19.8 Å². The number of alkyl halides is 3. The van der Waals surface area contributed by atoms with E-state index in [0.717, 1.165) is 25.9 Å². The molecule has 2 aromatic rings. The smallest absolute Gasteiger partial charge is 0.335 e. The third-order valence-electron chi connectivity index (χ3n) is 5.81. The predicted molar refractivity (Wildman–Crippen MR) is 94.8 cm³/mol. The molecule has 0 amide bonds. The molecule has 142 valence electrons. The van der Waals surface area contributed by atoms with Crippen LogP contribution in [0.25, 0.3) is 11.0 Å². The third kappa shape index (κ3) is 3.60. The first-order chi connectivity index (χ1) is 12.5. The van der Waals surface area contributed by atoms with Gasteiger partial charge in [-0.05, 0) is 64.0 Å². The Bertz CT molecular complexity index is 741. The van der Waals surface area contributed by atoms with E-state index in [1.54, 1.807) is 12.1 Å². The normalized spacial score (nSPS) is 21.5. The molecule has 26 heavy (non-hydrogen) atoms. The number of fused-ring (bicyclic) bond motifs is 1. The largest absolute Gasteiger partial charge is 0.431 e. The number of piperidine rings is 2. The van der Waals surface area contributed by atoms with Gasteiger partial charge >= 0.3 is 6.18 Å². The zero-order valence-corrected chi connectivity index (χ0v) is 14.9. The molecule has 2 saturated heterocycles. The summed E-state index contributed by atoms with van der Waals surface area (Å²) in [6.07, 6.45) is 3.10. The van der Waals surface area contributed by atoms with E-state index in [9.17, 15) is 13.2 Å². The minimum Gasteiger partial charge on any atom is -0.335 e. The lowest BCUT2D eigenvalue weighted by molar-refractivity contribution is -0.141. The summed E-state index contributed by atoms with van der Waals surface area (Å²) >= 11 is 0. The number of hydrogen-bond acceptors (Lipinski definition) is 3. The lowest BCUT2D eigenvalue weighted by Gasteiger charge is -2.40. The Morgan fingerprint density at radius 2 is 1.81 bits per heavy atom. The number of likely N-dealkylation sites (tertiary alicyclic amines) is 2. The summed E-state index contributed by atoms with van der Waals surface area (Å²) < 4.78 is 40.4. The molecule has 0 spiro atoms. The van der Waals surface area contributed by atoms with Crippen LogP contribution in [-0.4, -0.2) is 52.0 Å². The fourth-order valence-electron chi connectivity index (χ4n) is 4.43. The van der Waals surface area contributed by atoms with Crippen molar-refractivity contribution in [1.29, 1.82) is 0 Å². The van der Waals surface area contributed by atoms with Crippen molar-refractivity contribution in [3.8, 4) is 0 Å². The number of aromatic amines is 1. The summed E-state index contributed by atoms with van der Waals surface area (Å²) in [4.78, 5) is 11.3. The van der Waals surface area contributed by atoms with Crippen LogP contribution in [0.1, 0.15) is 43.4 Å². The summed E-state index contributed by atoms with van der Waals surface area (Å²) in [5, 5.41) is 0.581. The lowest BCUT2D eigenvalue weighted by atomic mass is 9.99. The van der Waals surface area contributed by atoms with Gasteiger partial charge in [-0.1, -0.05) is 6.42 Å². The highest BCUT2D eigenvalue weighted by molar-refractivity contribution is 5.81. The summed E-state index contributed by atoms with van der Waals surface area (Å²) in [6, 6.07) is 4.02. The maximum absolute atomic E-state index is 13.5. The number of aromatic nitrogens is 2. The summed E-state index contributed by atoms with van der Waals surface area (Å²) in [5.41, 5.74) is -0.000552. The van der Waals surface area contributed by atoms with Gasteiger partial charge in [-0.15, -0.1) is 0 Å². The Kier molecular flexibility index (Phi) is 4.92. The highest BCUT2D eigenvalue weighted by Crippen LogP contribution is 2.36. The van der Waals surface area contributed by atoms with E-state index < -0.39 is 11.9 Å². The van der Waals surface area contributed by atoms with Crippen molar-refractivity contribution in [2.45, 2.75) is 50.9 Å². The van der Waals surface area contributed by atoms with E-state index in [4.69, 9.17) is 0 Å². The van der Waals surface area contributed by atoms with Crippen molar-refractivity contribution < 1.29 is 13.2 Å². The molecule has 0 aliphatic carbocycles. The maximum Gasteiger partial charge on any atom is 0.431 e. The highest BCUT2D eigenvalue weighted by Gasteiger charge is 2.37. The molecule has 0 atom stereocenters. The average molecular weight is 366 g/mol. The van der Waals surface area contributed by atoms with Gasteiger partial charge in [-0.3, -0.25) is 4.90 Å². The molecular weight excluding hydrogens is 341 g/mol. The molecule has 2 aliphatic heterocycles. The predicted octanol–water partition coefficient (Wildman–Crippen LogP) is 4.03. The molecule has 0 bridgehead atoms. The zero-order valence-electron chi connectivity index (χ0n) is 14.9. The summed E-state index contributed by atoms with van der Waals surface area (Å²) in [5.74, 6) is 0. The van der Waals surface area contributed by atoms with Crippen molar-refractivity contribution in [3.05, 3.63) is 29.6 Å². The Morgan fingerprint density at radius 3 is 2.50 bits per heavy atom. The third-order valence-corrected chi connectivity index (χ3v) is 5.81. The highest BCUT2D eigenvalue weighted by atomic mass is 19.4. The quantitative estimate of drug-likeness (QED) is 0.891. The molecule has 7 heteroatoms. The molecule has 4 rings (SSSR count). The molecule has 4 nitrogen and oxygen atoms in total. The topological polar surface area (TPSA) is 35.2 Å². The van der Waals surface area contributed by atoms with Gasteiger partial charge in [0, 0.05) is 29.7 Å². The van der Waals surface area contributed by atoms with Crippen LogP contribution in [-0.2, 0) is 12.7 Å². The molecule has 2 aliphatic rings. The van der Waals surface area contributed by atoms with Crippen molar-refractivity contribution in [2.24, 2.45) is 0 Å². The fourth-order valence-corrected chi connectivity index (χ4v) is 4.43. The van der Waals surface area contributed by atoms with Gasteiger partial charge in [-0.2, -0.15) is 13.2 Å². The fraction of sp³-hybridized carbons (Fsp3) is 0.632. The van der Waals surface area contributed by atoms with Crippen LogP contribution >= 0.6 is 0 Å². The number of rotatable bonds is 3. The zero-order chi connectivity index (χ0) is 18.1. The molecule has 2 fully saturated rings. The van der Waals surface area contributed by atoms with Gasteiger partial charge < -0.3 is 9.88 Å². The van der Waals surface area contributed by atoms with Crippen LogP contribution in [0.3, 0.4) is 0 Å². The van der Waals surface area contributed by atoms with Crippen LogP contribution in [0.15, 0.2) is 18.3 Å². The number of pyridine rings is 1. The maximum atomic E-state index is 13.5. The Balaban J connectivity index is 1.48. The second kappa shape index (κ2) is 7.19. The number of H-pyrrole nitrogens is 1. The van der Waals surface area contributed by atoms with E-state index in [1.807, 2.05) is 0 Å². The number of nitrogens with zero attached hydrogens (tertiary/aromatic N) is 3. The molecule has 0 unspecified atom stereocenters. The number of nitrogens with one attached hydrogen (secondary N) is 1. The molecule has 4 heterocycles. The van der Waals surface area contributed by atoms with Crippen LogP contribution in [0, 0.1) is 0 Å². The van der Waals surface area contributed by atoms with Gasteiger partial charge in [0.2, 0.25) is 0 Å². The van der Waals surface area contributed by atoms with E-state index in [1.165, 1.54) is 38.5 Å². The van der Waals surface area contributed by atoms with Crippen LogP contribution < -0.4 is 0 Å². The van der Waals surface area contributed by atoms with Crippen molar-refractivity contribution in [3.63, 3.8) is 0 Å². The Labute approximate surface area is 151 Å².